The van der Waals surface area contributed by atoms with Crippen molar-refractivity contribution in [2.75, 3.05) is 19.7 Å². The molecule has 1 saturated heterocycles. The number of hydrogen-bond donors (Lipinski definition) is 0. The van der Waals surface area contributed by atoms with E-state index in [2.05, 4.69) is 9.88 Å². The highest BCUT2D eigenvalue weighted by molar-refractivity contribution is 5.71. The third-order valence-corrected chi connectivity index (χ3v) is 3.03. The van der Waals surface area contributed by atoms with Crippen LogP contribution in [0.1, 0.15) is 31.5 Å². The fourth-order valence-electron chi connectivity index (χ4n) is 2.30. The molecule has 0 aromatic carbocycles. The predicted molar refractivity (Wildman–Crippen MR) is 64.4 cm³/mol. The van der Waals surface area contributed by atoms with Crippen LogP contribution in [0.4, 0.5) is 0 Å². The Morgan fingerprint density at radius 2 is 2.47 bits per heavy atom. The summed E-state index contributed by atoms with van der Waals surface area (Å²) in [6.07, 6.45) is 3.98. The van der Waals surface area contributed by atoms with Crippen molar-refractivity contribution in [2.45, 2.75) is 25.8 Å². The van der Waals surface area contributed by atoms with Gasteiger partial charge in [0.15, 0.2) is 0 Å². The van der Waals surface area contributed by atoms with Gasteiger partial charge < -0.3 is 4.74 Å². The van der Waals surface area contributed by atoms with Gasteiger partial charge in [0.05, 0.1) is 24.9 Å². The zero-order valence-electron chi connectivity index (χ0n) is 10.1. The van der Waals surface area contributed by atoms with Crippen LogP contribution >= 0.6 is 0 Å². The summed E-state index contributed by atoms with van der Waals surface area (Å²) < 4.78 is 4.99. The first-order chi connectivity index (χ1) is 8.31. The molecule has 1 fully saturated rings. The van der Waals surface area contributed by atoms with Gasteiger partial charge in [-0.25, -0.2) is 0 Å². The van der Waals surface area contributed by atoms with Gasteiger partial charge in [-0.1, -0.05) is 6.07 Å². The molecule has 17 heavy (non-hydrogen) atoms. The highest BCUT2D eigenvalue weighted by Crippen LogP contribution is 2.29. The van der Waals surface area contributed by atoms with Gasteiger partial charge in [0.25, 0.3) is 0 Å². The number of nitrogens with zero attached hydrogens (tertiary/aromatic N) is 2. The number of hydrogen-bond acceptors (Lipinski definition) is 4. The largest absolute Gasteiger partial charge is 0.465 e. The fraction of sp³-hybridized carbons (Fsp3) is 0.538. The van der Waals surface area contributed by atoms with Crippen LogP contribution in [-0.2, 0) is 9.53 Å². The van der Waals surface area contributed by atoms with Gasteiger partial charge in [0.1, 0.15) is 0 Å². The molecule has 0 spiro atoms. The van der Waals surface area contributed by atoms with Crippen molar-refractivity contribution in [3.8, 4) is 0 Å². The average Bonchev–Trinajstić information content (AvgIpc) is 2.78. The molecule has 4 heteroatoms. The number of carbonyl (C=O) groups is 1. The maximum atomic E-state index is 11.5. The maximum absolute atomic E-state index is 11.5. The van der Waals surface area contributed by atoms with Crippen molar-refractivity contribution < 1.29 is 9.53 Å². The molecule has 0 saturated carbocycles. The Labute approximate surface area is 102 Å². The molecule has 1 atom stereocenters. The van der Waals surface area contributed by atoms with E-state index in [-0.39, 0.29) is 12.0 Å². The SMILES string of the molecule is CCOC(=O)CN1CCC[C@@H]1c1ccccn1. The molecule has 92 valence electrons. The van der Waals surface area contributed by atoms with Crippen LogP contribution < -0.4 is 0 Å². The molecule has 1 aromatic heterocycles. The lowest BCUT2D eigenvalue weighted by atomic mass is 10.1. The molecular formula is C13H18N2O2. The van der Waals surface area contributed by atoms with Gasteiger partial charge in [0, 0.05) is 6.20 Å². The standard InChI is InChI=1S/C13H18N2O2/c1-2-17-13(16)10-15-9-5-7-12(15)11-6-3-4-8-14-11/h3-4,6,8,12H,2,5,7,9-10H2,1H3/t12-/m1/s1. The first-order valence-electron chi connectivity index (χ1n) is 6.12. The average molecular weight is 234 g/mol. The van der Waals surface area contributed by atoms with Gasteiger partial charge in [-0.2, -0.15) is 0 Å². The van der Waals surface area contributed by atoms with E-state index in [9.17, 15) is 4.79 Å². The van der Waals surface area contributed by atoms with Crippen LogP contribution in [0, 0.1) is 0 Å². The van der Waals surface area contributed by atoms with E-state index in [1.807, 2.05) is 25.1 Å². The number of pyridine rings is 1. The van der Waals surface area contributed by atoms with E-state index >= 15 is 0 Å². The van der Waals surface area contributed by atoms with E-state index in [4.69, 9.17) is 4.74 Å². The predicted octanol–water partition coefficient (Wildman–Crippen LogP) is 1.78. The second-order valence-electron chi connectivity index (χ2n) is 4.19. The minimum atomic E-state index is -0.143. The zero-order valence-corrected chi connectivity index (χ0v) is 10.1. The van der Waals surface area contributed by atoms with Crippen molar-refractivity contribution >= 4 is 5.97 Å². The fourth-order valence-corrected chi connectivity index (χ4v) is 2.30. The summed E-state index contributed by atoms with van der Waals surface area (Å²) in [5.41, 5.74) is 1.05. The number of aromatic nitrogens is 1. The van der Waals surface area contributed by atoms with Crippen LogP contribution in [0.2, 0.25) is 0 Å². The summed E-state index contributed by atoms with van der Waals surface area (Å²) >= 11 is 0. The van der Waals surface area contributed by atoms with Crippen LogP contribution in [-0.4, -0.2) is 35.5 Å². The maximum Gasteiger partial charge on any atom is 0.320 e. The van der Waals surface area contributed by atoms with E-state index in [0.29, 0.717) is 13.2 Å². The van der Waals surface area contributed by atoms with Gasteiger partial charge in [-0.15, -0.1) is 0 Å². The lowest BCUT2D eigenvalue weighted by Gasteiger charge is -2.22. The molecular weight excluding hydrogens is 216 g/mol. The van der Waals surface area contributed by atoms with E-state index in [0.717, 1.165) is 25.1 Å². The van der Waals surface area contributed by atoms with Gasteiger partial charge in [0.2, 0.25) is 0 Å². The van der Waals surface area contributed by atoms with E-state index < -0.39 is 0 Å². The Bertz CT molecular complexity index is 367. The summed E-state index contributed by atoms with van der Waals surface area (Å²) in [4.78, 5) is 18.0. The molecule has 0 bridgehead atoms. The monoisotopic (exact) mass is 234 g/mol. The molecule has 0 unspecified atom stereocenters. The Morgan fingerprint density at radius 3 is 3.18 bits per heavy atom. The smallest absolute Gasteiger partial charge is 0.320 e. The Hall–Kier alpha value is -1.42. The van der Waals surface area contributed by atoms with Crippen molar-refractivity contribution in [3.63, 3.8) is 0 Å². The third kappa shape index (κ3) is 3.03. The molecule has 2 rings (SSSR count). The lowest BCUT2D eigenvalue weighted by molar-refractivity contribution is -0.144. The highest BCUT2D eigenvalue weighted by Gasteiger charge is 2.28. The molecule has 0 aliphatic carbocycles. The van der Waals surface area contributed by atoms with Gasteiger partial charge in [-0.05, 0) is 38.4 Å². The van der Waals surface area contributed by atoms with Crippen molar-refractivity contribution in [1.82, 2.24) is 9.88 Å². The van der Waals surface area contributed by atoms with E-state index in [1.165, 1.54) is 0 Å². The third-order valence-electron chi connectivity index (χ3n) is 3.03. The molecule has 2 heterocycles. The number of carbonyl (C=O) groups excluding carboxylic acids is 1. The summed E-state index contributed by atoms with van der Waals surface area (Å²) in [7, 11) is 0. The van der Waals surface area contributed by atoms with Crippen LogP contribution in [0.3, 0.4) is 0 Å². The quantitative estimate of drug-likeness (QED) is 0.745. The van der Waals surface area contributed by atoms with Crippen LogP contribution in [0.15, 0.2) is 24.4 Å². The van der Waals surface area contributed by atoms with E-state index in [1.54, 1.807) is 6.20 Å². The molecule has 0 radical (unpaired) electrons. The normalized spacial score (nSPS) is 20.4. The number of ether oxygens (including phenoxy) is 1. The first kappa shape index (κ1) is 12.0. The molecule has 1 aliphatic rings. The molecule has 0 N–H and O–H groups in total. The topological polar surface area (TPSA) is 42.4 Å². The second kappa shape index (κ2) is 5.77. The first-order valence-corrected chi connectivity index (χ1v) is 6.12. The summed E-state index contributed by atoms with van der Waals surface area (Å²) in [5.74, 6) is -0.143. The Morgan fingerprint density at radius 1 is 1.59 bits per heavy atom. The Balaban J connectivity index is 2.00. The Kier molecular flexibility index (Phi) is 4.09. The zero-order chi connectivity index (χ0) is 12.1. The molecule has 0 amide bonds. The highest BCUT2D eigenvalue weighted by atomic mass is 16.5. The van der Waals surface area contributed by atoms with Crippen molar-refractivity contribution in [2.24, 2.45) is 0 Å². The minimum Gasteiger partial charge on any atom is -0.465 e. The number of rotatable bonds is 4. The summed E-state index contributed by atoms with van der Waals surface area (Å²) in [5, 5.41) is 0. The van der Waals surface area contributed by atoms with Gasteiger partial charge >= 0.3 is 5.97 Å². The minimum absolute atomic E-state index is 0.143. The summed E-state index contributed by atoms with van der Waals surface area (Å²) in [6.45, 7) is 3.59. The van der Waals surface area contributed by atoms with Crippen molar-refractivity contribution in [3.05, 3.63) is 30.1 Å². The molecule has 1 aliphatic heterocycles. The summed E-state index contributed by atoms with van der Waals surface area (Å²) in [6, 6.07) is 6.19. The number of likely N-dealkylation sites (tertiary alicyclic amines) is 1. The van der Waals surface area contributed by atoms with Crippen LogP contribution in [0.25, 0.3) is 0 Å². The lowest BCUT2D eigenvalue weighted by Crippen LogP contribution is -2.31. The molecule has 4 nitrogen and oxygen atoms in total. The van der Waals surface area contributed by atoms with Gasteiger partial charge in [-0.3, -0.25) is 14.7 Å². The van der Waals surface area contributed by atoms with Crippen LogP contribution in [0.5, 0.6) is 0 Å². The molecule has 1 aromatic rings. The van der Waals surface area contributed by atoms with Crippen molar-refractivity contribution in [1.29, 1.82) is 0 Å². The number of esters is 1. The second-order valence-corrected chi connectivity index (χ2v) is 4.19.